The molecule has 0 heterocycles. The molecule has 2 aliphatic rings. The van der Waals surface area contributed by atoms with Crippen molar-refractivity contribution in [1.29, 1.82) is 0 Å². The second-order valence-corrected chi connectivity index (χ2v) is 6.72. The van der Waals surface area contributed by atoms with Gasteiger partial charge in [0.1, 0.15) is 6.10 Å². The minimum Gasteiger partial charge on any atom is -0.460 e. The van der Waals surface area contributed by atoms with Crippen molar-refractivity contribution in [2.24, 2.45) is 11.8 Å². The number of esters is 1. The molecule has 0 saturated heterocycles. The molecule has 0 radical (unpaired) electrons. The van der Waals surface area contributed by atoms with Gasteiger partial charge in [0.15, 0.2) is 0 Å². The standard InChI is InChI=1S/C14H22Cl2O2/c15-13(16)14(17)18-12-9-5-4-8-11(12)10-6-2-1-3-7-10/h10-13H,1-9H2/t11-,12+/m1/s1. The highest BCUT2D eigenvalue weighted by Crippen LogP contribution is 2.39. The van der Waals surface area contributed by atoms with Crippen molar-refractivity contribution in [3.8, 4) is 0 Å². The highest BCUT2D eigenvalue weighted by atomic mass is 35.5. The molecule has 0 aliphatic heterocycles. The Kier molecular flexibility index (Phi) is 5.62. The average Bonchev–Trinajstić information content (AvgIpc) is 2.40. The van der Waals surface area contributed by atoms with Crippen LogP contribution in [0.5, 0.6) is 0 Å². The lowest BCUT2D eigenvalue weighted by Crippen LogP contribution is -2.36. The van der Waals surface area contributed by atoms with E-state index in [-0.39, 0.29) is 6.10 Å². The Labute approximate surface area is 119 Å². The lowest BCUT2D eigenvalue weighted by atomic mass is 9.72. The van der Waals surface area contributed by atoms with Gasteiger partial charge in [0.05, 0.1) is 0 Å². The number of carbonyl (C=O) groups is 1. The van der Waals surface area contributed by atoms with E-state index in [0.717, 1.165) is 18.8 Å². The summed E-state index contributed by atoms with van der Waals surface area (Å²) in [7, 11) is 0. The van der Waals surface area contributed by atoms with E-state index in [0.29, 0.717) is 5.92 Å². The van der Waals surface area contributed by atoms with Crippen molar-refractivity contribution in [2.45, 2.75) is 68.7 Å². The third kappa shape index (κ3) is 3.77. The number of ether oxygens (including phenoxy) is 1. The van der Waals surface area contributed by atoms with Gasteiger partial charge in [-0.3, -0.25) is 0 Å². The highest BCUT2D eigenvalue weighted by molar-refractivity contribution is 6.52. The van der Waals surface area contributed by atoms with Crippen molar-refractivity contribution < 1.29 is 9.53 Å². The summed E-state index contributed by atoms with van der Waals surface area (Å²) in [5, 5.41) is 0. The van der Waals surface area contributed by atoms with Gasteiger partial charge >= 0.3 is 5.97 Å². The molecule has 0 aromatic rings. The molecule has 0 aromatic carbocycles. The van der Waals surface area contributed by atoms with E-state index in [9.17, 15) is 4.79 Å². The zero-order valence-corrected chi connectivity index (χ0v) is 12.3. The number of hydrogen-bond donors (Lipinski definition) is 0. The van der Waals surface area contributed by atoms with Crippen molar-refractivity contribution in [3.05, 3.63) is 0 Å². The van der Waals surface area contributed by atoms with Gasteiger partial charge < -0.3 is 4.74 Å². The number of alkyl halides is 2. The fraction of sp³-hybridized carbons (Fsp3) is 0.929. The maximum absolute atomic E-state index is 11.6. The molecule has 0 aromatic heterocycles. The highest BCUT2D eigenvalue weighted by Gasteiger charge is 2.35. The van der Waals surface area contributed by atoms with Crippen LogP contribution in [0.15, 0.2) is 0 Å². The maximum Gasteiger partial charge on any atom is 0.339 e. The van der Waals surface area contributed by atoms with Gasteiger partial charge in [-0.25, -0.2) is 4.79 Å². The summed E-state index contributed by atoms with van der Waals surface area (Å²) in [6.07, 6.45) is 11.2. The first-order valence-corrected chi connectivity index (χ1v) is 8.04. The second-order valence-electron chi connectivity index (χ2n) is 5.62. The molecule has 0 N–H and O–H groups in total. The van der Waals surface area contributed by atoms with Gasteiger partial charge in [0.25, 0.3) is 0 Å². The second kappa shape index (κ2) is 7.00. The molecule has 18 heavy (non-hydrogen) atoms. The minimum absolute atomic E-state index is 0.0503. The average molecular weight is 293 g/mol. The molecule has 0 amide bonds. The van der Waals surface area contributed by atoms with Gasteiger partial charge in [-0.2, -0.15) is 0 Å². The van der Waals surface area contributed by atoms with Crippen molar-refractivity contribution in [2.75, 3.05) is 0 Å². The first kappa shape index (κ1) is 14.5. The van der Waals surface area contributed by atoms with Crippen LogP contribution in [0.1, 0.15) is 57.8 Å². The zero-order chi connectivity index (χ0) is 13.0. The maximum atomic E-state index is 11.6. The molecular weight excluding hydrogens is 271 g/mol. The van der Waals surface area contributed by atoms with Crippen molar-refractivity contribution >= 4 is 29.2 Å². The summed E-state index contributed by atoms with van der Waals surface area (Å²) in [6.45, 7) is 0. The first-order chi connectivity index (χ1) is 8.68. The molecule has 0 spiro atoms. The normalized spacial score (nSPS) is 30.4. The summed E-state index contributed by atoms with van der Waals surface area (Å²) in [5.41, 5.74) is 0. The molecule has 0 bridgehead atoms. The number of hydrogen-bond acceptors (Lipinski definition) is 2. The van der Waals surface area contributed by atoms with E-state index >= 15 is 0 Å². The van der Waals surface area contributed by atoms with Gasteiger partial charge in [-0.15, -0.1) is 0 Å². The Morgan fingerprint density at radius 1 is 0.944 bits per heavy atom. The van der Waals surface area contributed by atoms with E-state index in [1.54, 1.807) is 0 Å². The molecule has 2 atom stereocenters. The SMILES string of the molecule is O=C(O[C@H]1CCCC[C@@H]1C1CCCCC1)C(Cl)Cl. The molecule has 2 saturated carbocycles. The summed E-state index contributed by atoms with van der Waals surface area (Å²) < 4.78 is 5.52. The van der Waals surface area contributed by atoms with Crippen LogP contribution in [0.3, 0.4) is 0 Å². The fourth-order valence-electron chi connectivity index (χ4n) is 3.57. The molecule has 0 unspecified atom stereocenters. The molecule has 4 heteroatoms. The van der Waals surface area contributed by atoms with Crippen LogP contribution in [0.4, 0.5) is 0 Å². The topological polar surface area (TPSA) is 26.3 Å². The summed E-state index contributed by atoms with van der Waals surface area (Å²) >= 11 is 11.1. The monoisotopic (exact) mass is 292 g/mol. The molecule has 104 valence electrons. The lowest BCUT2D eigenvalue weighted by Gasteiger charge is -2.38. The van der Waals surface area contributed by atoms with Gasteiger partial charge in [-0.1, -0.05) is 61.7 Å². The summed E-state index contributed by atoms with van der Waals surface area (Å²) in [6, 6.07) is 0. The summed E-state index contributed by atoms with van der Waals surface area (Å²) in [4.78, 5) is 10.5. The molecule has 2 aliphatic carbocycles. The zero-order valence-electron chi connectivity index (χ0n) is 10.7. The molecule has 2 nitrogen and oxygen atoms in total. The number of carbonyl (C=O) groups excluding carboxylic acids is 1. The van der Waals surface area contributed by atoms with Crippen molar-refractivity contribution in [1.82, 2.24) is 0 Å². The van der Waals surface area contributed by atoms with Crippen LogP contribution < -0.4 is 0 Å². The van der Waals surface area contributed by atoms with Gasteiger partial charge in [0.2, 0.25) is 4.84 Å². The van der Waals surface area contributed by atoms with E-state index in [1.165, 1.54) is 44.9 Å². The van der Waals surface area contributed by atoms with E-state index in [4.69, 9.17) is 27.9 Å². The Balaban J connectivity index is 1.94. The smallest absolute Gasteiger partial charge is 0.339 e. The van der Waals surface area contributed by atoms with Gasteiger partial charge in [0, 0.05) is 0 Å². The molecular formula is C14H22Cl2O2. The van der Waals surface area contributed by atoms with Crippen LogP contribution >= 0.6 is 23.2 Å². The summed E-state index contributed by atoms with van der Waals surface area (Å²) in [5.74, 6) is 0.807. The van der Waals surface area contributed by atoms with Gasteiger partial charge in [-0.05, 0) is 31.1 Å². The number of halogens is 2. The first-order valence-electron chi connectivity index (χ1n) is 7.17. The van der Waals surface area contributed by atoms with Crippen LogP contribution in [-0.4, -0.2) is 16.9 Å². The Morgan fingerprint density at radius 3 is 2.22 bits per heavy atom. The quantitative estimate of drug-likeness (QED) is 0.567. The number of rotatable bonds is 3. The lowest BCUT2D eigenvalue weighted by molar-refractivity contribution is -0.153. The van der Waals surface area contributed by atoms with E-state index < -0.39 is 10.8 Å². The predicted molar refractivity (Wildman–Crippen MR) is 73.9 cm³/mol. The van der Waals surface area contributed by atoms with Crippen LogP contribution in [0.2, 0.25) is 0 Å². The van der Waals surface area contributed by atoms with Crippen LogP contribution in [0.25, 0.3) is 0 Å². The van der Waals surface area contributed by atoms with Crippen LogP contribution in [0, 0.1) is 11.8 Å². The predicted octanol–water partition coefficient (Wildman–Crippen LogP) is 4.47. The van der Waals surface area contributed by atoms with Crippen molar-refractivity contribution in [3.63, 3.8) is 0 Å². The molecule has 2 fully saturated rings. The Morgan fingerprint density at radius 2 is 1.56 bits per heavy atom. The Hall–Kier alpha value is 0.0500. The minimum atomic E-state index is -1.04. The van der Waals surface area contributed by atoms with E-state index in [1.807, 2.05) is 0 Å². The van der Waals surface area contributed by atoms with Crippen LogP contribution in [-0.2, 0) is 9.53 Å². The fourth-order valence-corrected chi connectivity index (χ4v) is 3.68. The van der Waals surface area contributed by atoms with E-state index in [2.05, 4.69) is 0 Å². The third-order valence-electron chi connectivity index (χ3n) is 4.45. The largest absolute Gasteiger partial charge is 0.460 e. The Bertz CT molecular complexity index is 275. The molecule has 2 rings (SSSR count). The third-order valence-corrected chi connectivity index (χ3v) is 4.81.